The van der Waals surface area contributed by atoms with Gasteiger partial charge in [0.2, 0.25) is 5.16 Å². The highest BCUT2D eigenvalue weighted by atomic mass is 35.5. The second-order valence-corrected chi connectivity index (χ2v) is 6.38. The Labute approximate surface area is 142 Å². The van der Waals surface area contributed by atoms with Crippen molar-refractivity contribution in [1.29, 1.82) is 0 Å². The van der Waals surface area contributed by atoms with Crippen molar-refractivity contribution in [2.75, 3.05) is 0 Å². The Morgan fingerprint density at radius 3 is 2.48 bits per heavy atom. The Kier molecular flexibility index (Phi) is 4.73. The van der Waals surface area contributed by atoms with E-state index in [-0.39, 0.29) is 11.0 Å². The minimum atomic E-state index is -0.353. The first-order chi connectivity index (χ1) is 11.1. The summed E-state index contributed by atoms with van der Waals surface area (Å²) in [6, 6.07) is 16.8. The molecule has 0 aliphatic carbocycles. The average molecular weight is 345 g/mol. The van der Waals surface area contributed by atoms with Crippen LogP contribution in [-0.4, -0.2) is 26.0 Å². The number of aromatic nitrogens is 4. The summed E-state index contributed by atoms with van der Waals surface area (Å²) in [5, 5.41) is 12.6. The molecule has 3 rings (SSSR count). The molecule has 7 heteroatoms. The lowest BCUT2D eigenvalue weighted by Crippen LogP contribution is -2.07. The highest BCUT2D eigenvalue weighted by Crippen LogP contribution is 2.35. The summed E-state index contributed by atoms with van der Waals surface area (Å²) in [5.41, 5.74) is 1.72. The molecule has 0 fully saturated rings. The lowest BCUT2D eigenvalue weighted by Gasteiger charge is -2.13. The van der Waals surface area contributed by atoms with Crippen molar-refractivity contribution in [3.63, 3.8) is 0 Å². The third kappa shape index (κ3) is 3.60. The Bertz CT molecular complexity index is 804. The average Bonchev–Trinajstić information content (AvgIpc) is 3.02. The van der Waals surface area contributed by atoms with E-state index in [1.165, 1.54) is 11.8 Å². The summed E-state index contributed by atoms with van der Waals surface area (Å²) >= 11 is 7.23. The summed E-state index contributed by atoms with van der Waals surface area (Å²) in [6.07, 6.45) is 0. The SMILES string of the molecule is CC(=O)C(Sc1nnnn1-c1ccc(Cl)cc1)c1ccccc1. The fourth-order valence-electron chi connectivity index (χ4n) is 2.12. The Morgan fingerprint density at radius 2 is 1.83 bits per heavy atom. The van der Waals surface area contributed by atoms with Crippen LogP contribution in [0.25, 0.3) is 5.69 Å². The zero-order valence-corrected chi connectivity index (χ0v) is 13.8. The number of tetrazole rings is 1. The number of halogens is 1. The number of hydrogen-bond acceptors (Lipinski definition) is 5. The van der Waals surface area contributed by atoms with Gasteiger partial charge in [0.1, 0.15) is 5.78 Å². The van der Waals surface area contributed by atoms with Crippen LogP contribution in [0, 0.1) is 0 Å². The van der Waals surface area contributed by atoms with E-state index in [1.807, 2.05) is 42.5 Å². The van der Waals surface area contributed by atoms with Crippen LogP contribution < -0.4 is 0 Å². The predicted molar refractivity (Wildman–Crippen MR) is 89.9 cm³/mol. The van der Waals surface area contributed by atoms with Gasteiger partial charge in [-0.2, -0.15) is 4.68 Å². The number of benzene rings is 2. The minimum absolute atomic E-state index is 0.0480. The molecule has 0 spiro atoms. The zero-order valence-electron chi connectivity index (χ0n) is 12.3. The van der Waals surface area contributed by atoms with E-state index in [0.717, 1.165) is 11.3 Å². The van der Waals surface area contributed by atoms with Gasteiger partial charge in [-0.25, -0.2) is 0 Å². The highest BCUT2D eigenvalue weighted by Gasteiger charge is 2.22. The first kappa shape index (κ1) is 15.7. The minimum Gasteiger partial charge on any atom is -0.298 e. The number of carbonyl (C=O) groups is 1. The van der Waals surface area contributed by atoms with Crippen molar-refractivity contribution in [3.05, 3.63) is 65.2 Å². The van der Waals surface area contributed by atoms with E-state index in [1.54, 1.807) is 23.7 Å². The van der Waals surface area contributed by atoms with Gasteiger partial charge in [0.05, 0.1) is 10.9 Å². The number of Topliss-reactive ketones (excluding diaryl/α,β-unsaturated/α-hetero) is 1. The topological polar surface area (TPSA) is 60.7 Å². The van der Waals surface area contributed by atoms with Gasteiger partial charge >= 0.3 is 0 Å². The second-order valence-electron chi connectivity index (χ2n) is 4.87. The maximum atomic E-state index is 12.0. The lowest BCUT2D eigenvalue weighted by molar-refractivity contribution is -0.116. The summed E-state index contributed by atoms with van der Waals surface area (Å²) in [5.74, 6) is 0.0480. The van der Waals surface area contributed by atoms with Crippen molar-refractivity contribution >= 4 is 29.1 Å². The normalized spacial score (nSPS) is 12.1. The molecule has 1 atom stereocenters. The molecular formula is C16H13ClN4OS. The van der Waals surface area contributed by atoms with Gasteiger partial charge in [-0.3, -0.25) is 4.79 Å². The van der Waals surface area contributed by atoms with Crippen LogP contribution in [0.1, 0.15) is 17.7 Å². The number of thioether (sulfide) groups is 1. The third-order valence-corrected chi connectivity index (χ3v) is 4.76. The molecular weight excluding hydrogens is 332 g/mol. The van der Waals surface area contributed by atoms with Crippen molar-refractivity contribution in [3.8, 4) is 5.69 Å². The lowest BCUT2D eigenvalue weighted by atomic mass is 10.1. The van der Waals surface area contributed by atoms with E-state index in [2.05, 4.69) is 15.5 Å². The van der Waals surface area contributed by atoms with Crippen LogP contribution in [0.4, 0.5) is 0 Å². The number of rotatable bonds is 5. The Hall–Kier alpha value is -2.18. The van der Waals surface area contributed by atoms with Crippen molar-refractivity contribution in [2.24, 2.45) is 0 Å². The zero-order chi connectivity index (χ0) is 16.2. The molecule has 0 saturated heterocycles. The molecule has 0 bridgehead atoms. The number of carbonyl (C=O) groups excluding carboxylic acids is 1. The molecule has 5 nitrogen and oxygen atoms in total. The summed E-state index contributed by atoms with van der Waals surface area (Å²) < 4.78 is 1.60. The maximum Gasteiger partial charge on any atom is 0.215 e. The summed E-state index contributed by atoms with van der Waals surface area (Å²) in [7, 11) is 0. The predicted octanol–water partition coefficient (Wildman–Crippen LogP) is 3.74. The first-order valence-corrected chi connectivity index (χ1v) is 8.17. The van der Waals surface area contributed by atoms with Gasteiger partial charge in [0.15, 0.2) is 0 Å². The summed E-state index contributed by atoms with van der Waals surface area (Å²) in [6.45, 7) is 1.57. The van der Waals surface area contributed by atoms with Crippen LogP contribution in [0.15, 0.2) is 59.8 Å². The van der Waals surface area contributed by atoms with Crippen LogP contribution in [0.5, 0.6) is 0 Å². The molecule has 0 aliphatic rings. The van der Waals surface area contributed by atoms with Gasteiger partial charge in [0.25, 0.3) is 0 Å². The van der Waals surface area contributed by atoms with Gasteiger partial charge < -0.3 is 0 Å². The van der Waals surface area contributed by atoms with E-state index >= 15 is 0 Å². The van der Waals surface area contributed by atoms with Crippen molar-refractivity contribution < 1.29 is 4.79 Å². The molecule has 1 heterocycles. The molecule has 2 aromatic carbocycles. The fourth-order valence-corrected chi connectivity index (χ4v) is 3.24. The molecule has 116 valence electrons. The van der Waals surface area contributed by atoms with Crippen LogP contribution in [0.3, 0.4) is 0 Å². The number of hydrogen-bond donors (Lipinski definition) is 0. The molecule has 0 radical (unpaired) electrons. The van der Waals surface area contributed by atoms with Crippen LogP contribution >= 0.6 is 23.4 Å². The van der Waals surface area contributed by atoms with Gasteiger partial charge in [0, 0.05) is 5.02 Å². The van der Waals surface area contributed by atoms with Gasteiger partial charge in [-0.05, 0) is 47.2 Å². The molecule has 0 amide bonds. The highest BCUT2D eigenvalue weighted by molar-refractivity contribution is 8.00. The number of ketones is 1. The Balaban J connectivity index is 1.92. The fraction of sp³-hybridized carbons (Fsp3) is 0.125. The molecule has 23 heavy (non-hydrogen) atoms. The molecule has 0 saturated carbocycles. The smallest absolute Gasteiger partial charge is 0.215 e. The molecule has 1 unspecified atom stereocenters. The number of nitrogens with zero attached hydrogens (tertiary/aromatic N) is 4. The second kappa shape index (κ2) is 6.93. The Morgan fingerprint density at radius 1 is 1.13 bits per heavy atom. The van der Waals surface area contributed by atoms with E-state index in [9.17, 15) is 4.79 Å². The quantitative estimate of drug-likeness (QED) is 0.660. The van der Waals surface area contributed by atoms with Crippen molar-refractivity contribution in [1.82, 2.24) is 20.2 Å². The molecule has 1 aromatic heterocycles. The monoisotopic (exact) mass is 344 g/mol. The summed E-state index contributed by atoms with van der Waals surface area (Å²) in [4.78, 5) is 12.0. The first-order valence-electron chi connectivity index (χ1n) is 6.91. The van der Waals surface area contributed by atoms with E-state index < -0.39 is 0 Å². The molecule has 0 N–H and O–H groups in total. The van der Waals surface area contributed by atoms with Gasteiger partial charge in [-0.1, -0.05) is 53.7 Å². The third-order valence-electron chi connectivity index (χ3n) is 3.21. The standard InChI is InChI=1S/C16H13ClN4OS/c1-11(22)15(12-5-3-2-4-6-12)23-16-18-19-20-21(16)14-9-7-13(17)8-10-14/h2-10,15H,1H3. The maximum absolute atomic E-state index is 12.0. The van der Waals surface area contributed by atoms with Crippen molar-refractivity contribution in [2.45, 2.75) is 17.3 Å². The van der Waals surface area contributed by atoms with Crippen LogP contribution in [-0.2, 0) is 4.79 Å². The molecule has 0 aliphatic heterocycles. The largest absolute Gasteiger partial charge is 0.298 e. The van der Waals surface area contributed by atoms with E-state index in [4.69, 9.17) is 11.6 Å². The van der Waals surface area contributed by atoms with E-state index in [0.29, 0.717) is 10.2 Å². The van der Waals surface area contributed by atoms with Crippen LogP contribution in [0.2, 0.25) is 5.02 Å². The van der Waals surface area contributed by atoms with Gasteiger partial charge in [-0.15, -0.1) is 5.10 Å². The molecule has 3 aromatic rings.